The molecule has 2 aromatic carbocycles. The summed E-state index contributed by atoms with van der Waals surface area (Å²) in [6, 6.07) is 12.6. The second kappa shape index (κ2) is 8.68. The minimum Gasteiger partial charge on any atom is -0.481 e. The molecule has 1 amide bonds. The van der Waals surface area contributed by atoms with Gasteiger partial charge in [-0.2, -0.15) is 5.10 Å². The molecule has 2 aliphatic heterocycles. The van der Waals surface area contributed by atoms with E-state index in [1.807, 2.05) is 29.9 Å². The summed E-state index contributed by atoms with van der Waals surface area (Å²) < 4.78 is 7.96. The Hall–Kier alpha value is -3.63. The molecule has 3 aromatic rings. The zero-order valence-electron chi connectivity index (χ0n) is 23.3. The van der Waals surface area contributed by atoms with Gasteiger partial charge in [0.25, 0.3) is 5.91 Å². The number of carboxylic acid groups (broad SMARTS) is 1. The van der Waals surface area contributed by atoms with E-state index < -0.39 is 5.97 Å². The normalized spacial score (nSPS) is 32.4. The number of carboxylic acids is 1. The molecule has 1 unspecified atom stereocenters. The van der Waals surface area contributed by atoms with Gasteiger partial charge in [-0.1, -0.05) is 30.2 Å². The van der Waals surface area contributed by atoms with Crippen molar-refractivity contribution in [3.8, 4) is 11.8 Å². The molecule has 1 spiro atoms. The van der Waals surface area contributed by atoms with Crippen LogP contribution in [0.25, 0.3) is 10.9 Å². The smallest absolute Gasteiger partial charge is 0.306 e. The maximum Gasteiger partial charge on any atom is 0.306 e. The molecule has 3 saturated carbocycles. The van der Waals surface area contributed by atoms with Gasteiger partial charge in [0, 0.05) is 22.4 Å². The van der Waals surface area contributed by atoms with Gasteiger partial charge >= 0.3 is 5.97 Å². The zero-order chi connectivity index (χ0) is 27.9. The Balaban J connectivity index is 1.14. The SMILES string of the molecule is CC#Cc1ccc(C(=O)NC2CC3(C2)CC(C(=O)O)C3)c2c1cnn2C(C)c1ccc(C23COC(C)(C2)C3)cc1. The molecule has 40 heavy (non-hydrogen) atoms. The van der Waals surface area contributed by atoms with Crippen molar-refractivity contribution in [1.82, 2.24) is 15.1 Å². The number of carbonyl (C=O) groups is 2. The Kier molecular flexibility index (Phi) is 5.50. The number of nitrogens with one attached hydrogen (secondary N) is 1. The Bertz CT molecular complexity index is 1590. The van der Waals surface area contributed by atoms with E-state index in [9.17, 15) is 14.7 Å². The maximum atomic E-state index is 13.6. The van der Waals surface area contributed by atoms with Crippen LogP contribution in [0.15, 0.2) is 42.6 Å². The summed E-state index contributed by atoms with van der Waals surface area (Å²) >= 11 is 0. The first-order chi connectivity index (χ1) is 19.1. The lowest BCUT2D eigenvalue weighted by Gasteiger charge is -2.56. The molecule has 2 bridgehead atoms. The number of ether oxygens (including phenoxy) is 1. The van der Waals surface area contributed by atoms with E-state index in [0.29, 0.717) is 5.56 Å². The summed E-state index contributed by atoms with van der Waals surface area (Å²) in [7, 11) is 0. The first-order valence-electron chi connectivity index (χ1n) is 14.3. The molecule has 1 atom stereocenters. The number of carbonyl (C=O) groups excluding carboxylic acids is 1. The van der Waals surface area contributed by atoms with E-state index in [1.165, 1.54) is 5.56 Å². The van der Waals surface area contributed by atoms with Crippen LogP contribution >= 0.6 is 0 Å². The Labute approximate surface area is 234 Å². The van der Waals surface area contributed by atoms with Crippen LogP contribution in [0.3, 0.4) is 0 Å². The number of amides is 1. The number of hydrogen-bond acceptors (Lipinski definition) is 4. The molecule has 8 rings (SSSR count). The summed E-state index contributed by atoms with van der Waals surface area (Å²) in [5.41, 5.74) is 5.00. The average molecular weight is 538 g/mol. The topological polar surface area (TPSA) is 93.5 Å². The summed E-state index contributed by atoms with van der Waals surface area (Å²) in [5.74, 6) is 5.10. The van der Waals surface area contributed by atoms with Crippen LogP contribution in [0.4, 0.5) is 0 Å². The van der Waals surface area contributed by atoms with Crippen LogP contribution in [0, 0.1) is 23.2 Å². The first kappa shape index (κ1) is 25.3. The second-order valence-electron chi connectivity index (χ2n) is 13.1. The van der Waals surface area contributed by atoms with Gasteiger partial charge in [0.05, 0.1) is 41.4 Å². The highest BCUT2D eigenvalue weighted by Crippen LogP contribution is 2.59. The highest BCUT2D eigenvalue weighted by molar-refractivity contribution is 6.07. The number of benzene rings is 2. The zero-order valence-corrected chi connectivity index (χ0v) is 23.3. The quantitative estimate of drug-likeness (QED) is 0.421. The number of aliphatic carboxylic acids is 1. The van der Waals surface area contributed by atoms with Crippen LogP contribution < -0.4 is 5.32 Å². The number of hydrogen-bond donors (Lipinski definition) is 2. The summed E-state index contributed by atoms with van der Waals surface area (Å²) in [4.78, 5) is 24.8. The van der Waals surface area contributed by atoms with Crippen molar-refractivity contribution in [2.75, 3.05) is 6.61 Å². The van der Waals surface area contributed by atoms with Crippen molar-refractivity contribution in [2.24, 2.45) is 11.3 Å². The first-order valence-corrected chi connectivity index (χ1v) is 14.3. The Morgan fingerprint density at radius 3 is 2.48 bits per heavy atom. The monoisotopic (exact) mass is 537 g/mol. The van der Waals surface area contributed by atoms with E-state index in [2.05, 4.69) is 55.3 Å². The van der Waals surface area contributed by atoms with Crippen molar-refractivity contribution in [2.45, 2.75) is 82.4 Å². The molecule has 1 aromatic heterocycles. The third-order valence-corrected chi connectivity index (χ3v) is 10.2. The van der Waals surface area contributed by atoms with Gasteiger partial charge in [0.1, 0.15) is 0 Å². The highest BCUT2D eigenvalue weighted by Gasteiger charge is 2.60. The molecule has 2 N–H and O–H groups in total. The van der Waals surface area contributed by atoms with Crippen molar-refractivity contribution in [1.29, 1.82) is 0 Å². The molecule has 3 heterocycles. The summed E-state index contributed by atoms with van der Waals surface area (Å²) in [5, 5.41) is 18.1. The standard InChI is InChI=1S/C33H35N3O4/c1-4-5-22-8-11-26(29(37)35-25-14-32(15-25)12-23(13-32)30(38)39)28-27(22)16-34-36(28)20(2)21-6-9-24(10-7-21)33-17-31(3,18-33)40-19-33/h6-11,16,20,23,25H,12-15,17-19H2,1-3H3,(H,35,37)(H,38,39). The lowest BCUT2D eigenvalue weighted by Crippen LogP contribution is -2.57. The van der Waals surface area contributed by atoms with Gasteiger partial charge in [-0.25, -0.2) is 0 Å². The van der Waals surface area contributed by atoms with E-state index in [-0.39, 0.29) is 40.3 Å². The van der Waals surface area contributed by atoms with Crippen LogP contribution in [0.2, 0.25) is 0 Å². The molecular weight excluding hydrogens is 502 g/mol. The van der Waals surface area contributed by atoms with Gasteiger partial charge < -0.3 is 15.2 Å². The Morgan fingerprint density at radius 1 is 1.12 bits per heavy atom. The van der Waals surface area contributed by atoms with Crippen molar-refractivity contribution < 1.29 is 19.4 Å². The fourth-order valence-electron chi connectivity index (χ4n) is 8.17. The average Bonchev–Trinajstić information content (AvgIpc) is 3.56. The molecule has 206 valence electrons. The third-order valence-electron chi connectivity index (χ3n) is 10.2. The van der Waals surface area contributed by atoms with Crippen LogP contribution in [0.1, 0.15) is 92.4 Å². The summed E-state index contributed by atoms with van der Waals surface area (Å²) in [6.07, 6.45) is 7.12. The van der Waals surface area contributed by atoms with Gasteiger partial charge in [-0.05, 0) is 88.0 Å². The largest absolute Gasteiger partial charge is 0.481 e. The predicted octanol–water partition coefficient (Wildman–Crippen LogP) is 5.21. The molecular formula is C33H35N3O4. The lowest BCUT2D eigenvalue weighted by atomic mass is 9.50. The Morgan fingerprint density at radius 2 is 1.85 bits per heavy atom. The van der Waals surface area contributed by atoms with Gasteiger partial charge in [0.2, 0.25) is 0 Å². The van der Waals surface area contributed by atoms with Crippen molar-refractivity contribution in [3.63, 3.8) is 0 Å². The van der Waals surface area contributed by atoms with Crippen molar-refractivity contribution >= 4 is 22.8 Å². The van der Waals surface area contributed by atoms with E-state index in [1.54, 1.807) is 0 Å². The fraction of sp³-hybridized carbons (Fsp3) is 0.485. The van der Waals surface area contributed by atoms with Crippen LogP contribution in [-0.4, -0.2) is 45.0 Å². The van der Waals surface area contributed by atoms with Crippen LogP contribution in [-0.2, 0) is 14.9 Å². The van der Waals surface area contributed by atoms with Gasteiger partial charge in [0.15, 0.2) is 0 Å². The molecule has 0 radical (unpaired) electrons. The van der Waals surface area contributed by atoms with Gasteiger partial charge in [-0.3, -0.25) is 14.3 Å². The summed E-state index contributed by atoms with van der Waals surface area (Å²) in [6.45, 7) is 6.92. The molecule has 5 fully saturated rings. The predicted molar refractivity (Wildman–Crippen MR) is 151 cm³/mol. The number of fused-ring (bicyclic) bond motifs is 2. The molecule has 7 heteroatoms. The lowest BCUT2D eigenvalue weighted by molar-refractivity contribution is -0.155. The minimum absolute atomic E-state index is 0.0504. The third kappa shape index (κ3) is 3.80. The molecule has 7 nitrogen and oxygen atoms in total. The number of rotatable bonds is 6. The molecule has 5 aliphatic rings. The minimum atomic E-state index is -0.703. The van der Waals surface area contributed by atoms with Crippen LogP contribution in [0.5, 0.6) is 0 Å². The number of nitrogens with zero attached hydrogens (tertiary/aromatic N) is 2. The van der Waals surface area contributed by atoms with Crippen molar-refractivity contribution in [3.05, 3.63) is 64.8 Å². The number of aromatic nitrogens is 2. The van der Waals surface area contributed by atoms with E-state index in [0.717, 1.165) is 67.2 Å². The van der Waals surface area contributed by atoms with E-state index >= 15 is 0 Å². The second-order valence-corrected chi connectivity index (χ2v) is 13.1. The maximum absolute atomic E-state index is 13.6. The fourth-order valence-corrected chi connectivity index (χ4v) is 8.17. The molecule has 2 saturated heterocycles. The van der Waals surface area contributed by atoms with E-state index in [4.69, 9.17) is 9.84 Å². The molecule has 3 aliphatic carbocycles. The van der Waals surface area contributed by atoms with Gasteiger partial charge in [-0.15, -0.1) is 5.92 Å². The highest BCUT2D eigenvalue weighted by atomic mass is 16.5.